The van der Waals surface area contributed by atoms with Crippen LogP contribution in [0.3, 0.4) is 0 Å². The summed E-state index contributed by atoms with van der Waals surface area (Å²) in [6.45, 7) is 0. The molecule has 6 heteroatoms. The number of hydrogen-bond donors (Lipinski definition) is 2. The summed E-state index contributed by atoms with van der Waals surface area (Å²) >= 11 is 3.31. The van der Waals surface area contributed by atoms with Crippen molar-refractivity contribution in [2.75, 3.05) is 5.32 Å². The maximum absolute atomic E-state index is 12.1. The van der Waals surface area contributed by atoms with Crippen molar-refractivity contribution >= 4 is 39.6 Å². The lowest BCUT2D eigenvalue weighted by molar-refractivity contribution is -0.112. The molecule has 2 aromatic carbocycles. The van der Waals surface area contributed by atoms with Crippen LogP contribution in [0, 0.1) is 11.3 Å². The first-order valence-corrected chi connectivity index (χ1v) is 7.31. The van der Waals surface area contributed by atoms with Gasteiger partial charge in [-0.3, -0.25) is 4.79 Å². The zero-order valence-corrected chi connectivity index (χ0v) is 13.4. The van der Waals surface area contributed by atoms with Crippen molar-refractivity contribution in [3.8, 4) is 6.07 Å². The van der Waals surface area contributed by atoms with E-state index in [9.17, 15) is 9.59 Å². The molecule has 2 rings (SSSR count). The monoisotopic (exact) mass is 370 g/mol. The lowest BCUT2D eigenvalue weighted by Crippen LogP contribution is -2.13. The quantitative estimate of drug-likeness (QED) is 0.634. The molecule has 0 atom stereocenters. The molecule has 0 fully saturated rings. The Hall–Kier alpha value is -2.91. The molecule has 0 aliphatic heterocycles. The molecule has 0 heterocycles. The van der Waals surface area contributed by atoms with E-state index in [-0.39, 0.29) is 11.1 Å². The number of carboxylic acids is 1. The first kappa shape index (κ1) is 16.5. The Bertz CT molecular complexity index is 820. The van der Waals surface area contributed by atoms with E-state index in [0.29, 0.717) is 11.3 Å². The van der Waals surface area contributed by atoms with Gasteiger partial charge in [-0.05, 0) is 42.0 Å². The summed E-state index contributed by atoms with van der Waals surface area (Å²) < 4.78 is 0.892. The fraction of sp³-hybridized carbons (Fsp3) is 0. The third-order valence-electron chi connectivity index (χ3n) is 2.91. The number of amides is 1. The van der Waals surface area contributed by atoms with Gasteiger partial charge in [-0.15, -0.1) is 0 Å². The molecule has 0 spiro atoms. The maximum atomic E-state index is 12.1. The van der Waals surface area contributed by atoms with E-state index >= 15 is 0 Å². The number of hydrogen-bond acceptors (Lipinski definition) is 3. The summed E-state index contributed by atoms with van der Waals surface area (Å²) in [7, 11) is 0. The molecule has 1 amide bonds. The highest BCUT2D eigenvalue weighted by Crippen LogP contribution is 2.15. The number of nitrogens with one attached hydrogen (secondary N) is 1. The van der Waals surface area contributed by atoms with Crippen LogP contribution in [0.25, 0.3) is 6.08 Å². The SMILES string of the molecule is N#C/C(=C/c1ccc(Br)cc1)C(=O)Nc1cccc(C(=O)O)c1. The first-order valence-electron chi connectivity index (χ1n) is 6.51. The number of halogens is 1. The summed E-state index contributed by atoms with van der Waals surface area (Å²) in [4.78, 5) is 23.1. The lowest BCUT2D eigenvalue weighted by atomic mass is 10.1. The predicted octanol–water partition coefficient (Wildman–Crippen LogP) is 3.69. The number of rotatable bonds is 4. The van der Waals surface area contributed by atoms with Crippen LogP contribution in [0.1, 0.15) is 15.9 Å². The number of carboxylic acid groups (broad SMARTS) is 1. The minimum atomic E-state index is -1.09. The van der Waals surface area contributed by atoms with Gasteiger partial charge in [0, 0.05) is 10.2 Å². The normalized spacial score (nSPS) is 10.7. The molecule has 0 saturated carbocycles. The number of aromatic carboxylic acids is 1. The Kier molecular flexibility index (Phi) is 5.28. The van der Waals surface area contributed by atoms with Crippen LogP contribution >= 0.6 is 15.9 Å². The van der Waals surface area contributed by atoms with Crippen LogP contribution in [0.4, 0.5) is 5.69 Å². The van der Waals surface area contributed by atoms with Crippen LogP contribution in [0.5, 0.6) is 0 Å². The summed E-state index contributed by atoms with van der Waals surface area (Å²) in [5.41, 5.74) is 0.997. The highest BCUT2D eigenvalue weighted by molar-refractivity contribution is 9.10. The van der Waals surface area contributed by atoms with Gasteiger partial charge >= 0.3 is 5.97 Å². The average Bonchev–Trinajstić information content (AvgIpc) is 2.54. The van der Waals surface area contributed by atoms with Crippen molar-refractivity contribution in [1.82, 2.24) is 0 Å². The summed E-state index contributed by atoms with van der Waals surface area (Å²) in [6.07, 6.45) is 1.46. The third kappa shape index (κ3) is 4.53. The number of nitriles is 1. The van der Waals surface area contributed by atoms with Gasteiger partial charge in [-0.1, -0.05) is 34.1 Å². The lowest BCUT2D eigenvalue weighted by Gasteiger charge is -2.05. The van der Waals surface area contributed by atoms with E-state index in [4.69, 9.17) is 10.4 Å². The smallest absolute Gasteiger partial charge is 0.335 e. The Labute approximate surface area is 141 Å². The van der Waals surface area contributed by atoms with Crippen LogP contribution in [-0.2, 0) is 4.79 Å². The first-order chi connectivity index (χ1) is 11.0. The Morgan fingerprint density at radius 3 is 2.48 bits per heavy atom. The highest BCUT2D eigenvalue weighted by atomic mass is 79.9. The van der Waals surface area contributed by atoms with Crippen LogP contribution in [0.2, 0.25) is 0 Å². The molecule has 2 N–H and O–H groups in total. The molecule has 23 heavy (non-hydrogen) atoms. The van der Waals surface area contributed by atoms with E-state index in [2.05, 4.69) is 21.2 Å². The molecular formula is C17H11BrN2O3. The summed E-state index contributed by atoms with van der Waals surface area (Å²) in [5, 5.41) is 20.6. The molecule has 114 valence electrons. The minimum absolute atomic E-state index is 0.0539. The number of benzene rings is 2. The van der Waals surface area contributed by atoms with Gasteiger partial charge in [0.2, 0.25) is 0 Å². The van der Waals surface area contributed by atoms with Crippen LogP contribution < -0.4 is 5.32 Å². The van der Waals surface area contributed by atoms with Gasteiger partial charge in [0.15, 0.2) is 0 Å². The number of carbonyl (C=O) groups is 2. The van der Waals surface area contributed by atoms with Crippen LogP contribution in [-0.4, -0.2) is 17.0 Å². The van der Waals surface area contributed by atoms with Gasteiger partial charge < -0.3 is 10.4 Å². The minimum Gasteiger partial charge on any atom is -0.478 e. The second-order valence-electron chi connectivity index (χ2n) is 4.56. The molecule has 0 saturated heterocycles. The molecule has 0 aromatic heterocycles. The zero-order chi connectivity index (χ0) is 16.8. The second kappa shape index (κ2) is 7.38. The third-order valence-corrected chi connectivity index (χ3v) is 3.44. The topological polar surface area (TPSA) is 90.2 Å². The summed E-state index contributed by atoms with van der Waals surface area (Å²) in [6, 6.07) is 14.8. The average molecular weight is 371 g/mol. The fourth-order valence-corrected chi connectivity index (χ4v) is 2.07. The molecule has 0 aliphatic rings. The molecule has 0 bridgehead atoms. The van der Waals surface area contributed by atoms with Crippen molar-refractivity contribution in [1.29, 1.82) is 5.26 Å². The van der Waals surface area contributed by atoms with Crippen molar-refractivity contribution in [3.05, 3.63) is 69.7 Å². The molecule has 0 aliphatic carbocycles. The zero-order valence-electron chi connectivity index (χ0n) is 11.8. The van der Waals surface area contributed by atoms with E-state index in [1.807, 2.05) is 6.07 Å². The van der Waals surface area contributed by atoms with E-state index in [1.54, 1.807) is 30.3 Å². The van der Waals surface area contributed by atoms with Gasteiger partial charge in [0.25, 0.3) is 5.91 Å². The predicted molar refractivity (Wildman–Crippen MR) is 89.8 cm³/mol. The van der Waals surface area contributed by atoms with E-state index in [1.165, 1.54) is 24.3 Å². The summed E-state index contributed by atoms with van der Waals surface area (Å²) in [5.74, 6) is -1.69. The van der Waals surface area contributed by atoms with Crippen molar-refractivity contribution in [3.63, 3.8) is 0 Å². The fourth-order valence-electron chi connectivity index (χ4n) is 1.80. The number of anilines is 1. The van der Waals surface area contributed by atoms with E-state index < -0.39 is 11.9 Å². The number of nitrogens with zero attached hydrogens (tertiary/aromatic N) is 1. The van der Waals surface area contributed by atoms with Gasteiger partial charge in [-0.25, -0.2) is 4.79 Å². The second-order valence-corrected chi connectivity index (χ2v) is 5.48. The largest absolute Gasteiger partial charge is 0.478 e. The Balaban J connectivity index is 2.21. The maximum Gasteiger partial charge on any atom is 0.335 e. The van der Waals surface area contributed by atoms with Crippen molar-refractivity contribution < 1.29 is 14.7 Å². The molecule has 2 aromatic rings. The highest BCUT2D eigenvalue weighted by Gasteiger charge is 2.11. The van der Waals surface area contributed by atoms with Gasteiger partial charge in [0.1, 0.15) is 11.6 Å². The Morgan fingerprint density at radius 2 is 1.87 bits per heavy atom. The van der Waals surface area contributed by atoms with Crippen molar-refractivity contribution in [2.45, 2.75) is 0 Å². The molecule has 0 unspecified atom stereocenters. The standard InChI is InChI=1S/C17H11BrN2O3/c18-14-6-4-11(5-7-14)8-13(10-19)16(21)20-15-3-1-2-12(9-15)17(22)23/h1-9H,(H,20,21)(H,22,23)/b13-8-. The van der Waals surface area contributed by atoms with E-state index in [0.717, 1.165) is 4.47 Å². The van der Waals surface area contributed by atoms with Gasteiger partial charge in [-0.2, -0.15) is 5.26 Å². The van der Waals surface area contributed by atoms with Crippen LogP contribution in [0.15, 0.2) is 58.6 Å². The van der Waals surface area contributed by atoms with Crippen molar-refractivity contribution in [2.24, 2.45) is 0 Å². The molecule has 5 nitrogen and oxygen atoms in total. The van der Waals surface area contributed by atoms with Gasteiger partial charge in [0.05, 0.1) is 5.56 Å². The Morgan fingerprint density at radius 1 is 1.17 bits per heavy atom. The molecular weight excluding hydrogens is 360 g/mol. The molecule has 0 radical (unpaired) electrons. The number of carbonyl (C=O) groups excluding carboxylic acids is 1.